The van der Waals surface area contributed by atoms with Crippen molar-refractivity contribution >= 4 is 11.4 Å². The minimum Gasteiger partial charge on any atom is -0.355 e. The molecule has 0 atom stereocenters. The van der Waals surface area contributed by atoms with Crippen molar-refractivity contribution < 1.29 is 0 Å². The highest BCUT2D eigenvalue weighted by Gasteiger charge is 2.14. The summed E-state index contributed by atoms with van der Waals surface area (Å²) in [5.41, 5.74) is 6.18. The first-order valence-corrected chi connectivity index (χ1v) is 8.06. The smallest absolute Gasteiger partial charge is 0.0463 e. The average molecular weight is 301 g/mol. The van der Waals surface area contributed by atoms with Crippen molar-refractivity contribution in [1.82, 2.24) is 0 Å². The first kappa shape index (κ1) is 15.4. The fourth-order valence-electron chi connectivity index (χ4n) is 2.68. The van der Waals surface area contributed by atoms with Gasteiger partial charge in [0.05, 0.1) is 0 Å². The van der Waals surface area contributed by atoms with E-state index in [0.717, 1.165) is 11.4 Å². The van der Waals surface area contributed by atoms with Gasteiger partial charge in [0.25, 0.3) is 0 Å². The zero-order chi connectivity index (χ0) is 16.3. The molecule has 3 rings (SSSR count). The number of rotatable bonds is 3. The highest BCUT2D eigenvalue weighted by atomic mass is 14.9. The van der Waals surface area contributed by atoms with E-state index < -0.39 is 0 Å². The lowest BCUT2D eigenvalue weighted by molar-refractivity contribution is 0.590. The van der Waals surface area contributed by atoms with Crippen molar-refractivity contribution in [2.75, 3.05) is 5.32 Å². The second-order valence-corrected chi connectivity index (χ2v) is 6.87. The van der Waals surface area contributed by atoms with Gasteiger partial charge >= 0.3 is 0 Å². The Labute approximate surface area is 139 Å². The lowest BCUT2D eigenvalue weighted by Crippen LogP contribution is -2.11. The molecule has 0 aliphatic heterocycles. The summed E-state index contributed by atoms with van der Waals surface area (Å²) in [5.74, 6) is 0. The maximum Gasteiger partial charge on any atom is 0.0463 e. The van der Waals surface area contributed by atoms with Gasteiger partial charge in [0.15, 0.2) is 0 Å². The Kier molecular flexibility index (Phi) is 4.20. The van der Waals surface area contributed by atoms with Crippen LogP contribution >= 0.6 is 0 Å². The first-order chi connectivity index (χ1) is 11.0. The Hall–Kier alpha value is -2.54. The fourth-order valence-corrected chi connectivity index (χ4v) is 2.68. The van der Waals surface area contributed by atoms with Crippen molar-refractivity contribution in [2.24, 2.45) is 0 Å². The van der Waals surface area contributed by atoms with E-state index in [1.54, 1.807) is 0 Å². The van der Waals surface area contributed by atoms with E-state index in [2.05, 4.69) is 98.9 Å². The molecule has 0 heterocycles. The summed E-state index contributed by atoms with van der Waals surface area (Å²) in [7, 11) is 0. The molecule has 0 radical (unpaired) electrons. The van der Waals surface area contributed by atoms with Gasteiger partial charge in [0, 0.05) is 16.9 Å². The Morgan fingerprint density at radius 1 is 0.696 bits per heavy atom. The molecule has 1 heteroatoms. The third-order valence-electron chi connectivity index (χ3n) is 4.02. The molecule has 1 N–H and O–H groups in total. The Morgan fingerprint density at radius 3 is 2.13 bits per heavy atom. The molecule has 3 aromatic rings. The van der Waals surface area contributed by atoms with E-state index in [9.17, 15) is 0 Å². The van der Waals surface area contributed by atoms with E-state index in [-0.39, 0.29) is 5.41 Å². The third kappa shape index (κ3) is 3.62. The molecule has 0 spiro atoms. The monoisotopic (exact) mass is 301 g/mol. The number of hydrogen-bond donors (Lipinski definition) is 1. The van der Waals surface area contributed by atoms with Crippen molar-refractivity contribution in [3.63, 3.8) is 0 Å². The number of anilines is 2. The zero-order valence-corrected chi connectivity index (χ0v) is 14.0. The highest BCUT2D eigenvalue weighted by Crippen LogP contribution is 2.31. The fraction of sp³-hybridized carbons (Fsp3) is 0.182. The maximum atomic E-state index is 3.58. The summed E-state index contributed by atoms with van der Waals surface area (Å²) in [6.07, 6.45) is 0. The molecule has 0 aliphatic carbocycles. The van der Waals surface area contributed by atoms with Crippen LogP contribution in [0, 0.1) is 0 Å². The Balaban J connectivity index is 1.96. The standard InChI is InChI=1S/C22H23N/c1-22(2,3)18-12-9-13-19(16-18)23-21-15-8-7-14-20(21)17-10-5-4-6-11-17/h4-16,23H,1-3H3. The van der Waals surface area contributed by atoms with Crippen LogP contribution in [0.5, 0.6) is 0 Å². The Morgan fingerprint density at radius 2 is 1.39 bits per heavy atom. The highest BCUT2D eigenvalue weighted by molar-refractivity contribution is 5.81. The van der Waals surface area contributed by atoms with Gasteiger partial charge in [-0.05, 0) is 34.7 Å². The molecule has 0 bridgehead atoms. The lowest BCUT2D eigenvalue weighted by Gasteiger charge is -2.20. The molecule has 0 saturated carbocycles. The van der Waals surface area contributed by atoms with Gasteiger partial charge in [-0.25, -0.2) is 0 Å². The molecule has 0 saturated heterocycles. The van der Waals surface area contributed by atoms with Crippen LogP contribution in [0.2, 0.25) is 0 Å². The predicted octanol–water partition coefficient (Wildman–Crippen LogP) is 6.39. The molecule has 0 unspecified atom stereocenters. The van der Waals surface area contributed by atoms with Crippen molar-refractivity contribution in [2.45, 2.75) is 26.2 Å². The van der Waals surface area contributed by atoms with Crippen LogP contribution in [0.4, 0.5) is 11.4 Å². The average Bonchev–Trinajstić information content (AvgIpc) is 2.56. The van der Waals surface area contributed by atoms with Gasteiger partial charge in [-0.1, -0.05) is 81.4 Å². The molecule has 23 heavy (non-hydrogen) atoms. The summed E-state index contributed by atoms with van der Waals surface area (Å²) in [4.78, 5) is 0. The van der Waals surface area contributed by atoms with Crippen LogP contribution in [-0.4, -0.2) is 0 Å². The van der Waals surface area contributed by atoms with Crippen LogP contribution in [0.3, 0.4) is 0 Å². The molecule has 116 valence electrons. The molecule has 0 fully saturated rings. The van der Waals surface area contributed by atoms with E-state index in [1.165, 1.54) is 16.7 Å². The second-order valence-electron chi connectivity index (χ2n) is 6.87. The molecule has 0 aromatic heterocycles. The zero-order valence-electron chi connectivity index (χ0n) is 14.0. The van der Waals surface area contributed by atoms with Gasteiger partial charge < -0.3 is 5.32 Å². The summed E-state index contributed by atoms with van der Waals surface area (Å²) >= 11 is 0. The molecular formula is C22H23N. The number of nitrogens with one attached hydrogen (secondary N) is 1. The van der Waals surface area contributed by atoms with Crippen LogP contribution in [0.1, 0.15) is 26.3 Å². The second kappa shape index (κ2) is 6.29. The van der Waals surface area contributed by atoms with E-state index in [4.69, 9.17) is 0 Å². The van der Waals surface area contributed by atoms with E-state index >= 15 is 0 Å². The van der Waals surface area contributed by atoms with Crippen LogP contribution < -0.4 is 5.32 Å². The quantitative estimate of drug-likeness (QED) is 0.590. The minimum atomic E-state index is 0.149. The SMILES string of the molecule is CC(C)(C)c1cccc(Nc2ccccc2-c2ccccc2)c1. The largest absolute Gasteiger partial charge is 0.355 e. The van der Waals surface area contributed by atoms with Crippen molar-refractivity contribution in [3.05, 3.63) is 84.4 Å². The van der Waals surface area contributed by atoms with Gasteiger partial charge in [0.1, 0.15) is 0 Å². The van der Waals surface area contributed by atoms with Crippen LogP contribution in [-0.2, 0) is 5.41 Å². The predicted molar refractivity (Wildman–Crippen MR) is 100 cm³/mol. The molecule has 1 nitrogen and oxygen atoms in total. The summed E-state index contributed by atoms with van der Waals surface area (Å²) in [6.45, 7) is 6.72. The first-order valence-electron chi connectivity index (χ1n) is 8.06. The van der Waals surface area contributed by atoms with Crippen LogP contribution in [0.15, 0.2) is 78.9 Å². The van der Waals surface area contributed by atoms with Gasteiger partial charge in [0.2, 0.25) is 0 Å². The third-order valence-corrected chi connectivity index (χ3v) is 4.02. The van der Waals surface area contributed by atoms with Crippen molar-refractivity contribution in [3.8, 4) is 11.1 Å². The molecule has 0 amide bonds. The van der Waals surface area contributed by atoms with Gasteiger partial charge in [-0.2, -0.15) is 0 Å². The normalized spacial score (nSPS) is 11.3. The summed E-state index contributed by atoms with van der Waals surface area (Å²) in [6, 6.07) is 27.6. The van der Waals surface area contributed by atoms with E-state index in [1.807, 2.05) is 6.07 Å². The molecule has 0 aliphatic rings. The maximum absolute atomic E-state index is 3.58. The van der Waals surface area contributed by atoms with Gasteiger partial charge in [-0.3, -0.25) is 0 Å². The topological polar surface area (TPSA) is 12.0 Å². The molecular weight excluding hydrogens is 278 g/mol. The minimum absolute atomic E-state index is 0.149. The summed E-state index contributed by atoms with van der Waals surface area (Å²) < 4.78 is 0. The van der Waals surface area contributed by atoms with Crippen LogP contribution in [0.25, 0.3) is 11.1 Å². The number of benzene rings is 3. The van der Waals surface area contributed by atoms with E-state index in [0.29, 0.717) is 0 Å². The summed E-state index contributed by atoms with van der Waals surface area (Å²) in [5, 5.41) is 3.58. The Bertz CT molecular complexity index is 782. The van der Waals surface area contributed by atoms with Gasteiger partial charge in [-0.15, -0.1) is 0 Å². The lowest BCUT2D eigenvalue weighted by atomic mass is 9.87. The van der Waals surface area contributed by atoms with Crippen molar-refractivity contribution in [1.29, 1.82) is 0 Å². The number of para-hydroxylation sites is 1. The number of hydrogen-bond acceptors (Lipinski definition) is 1. The molecule has 3 aromatic carbocycles.